The molecule has 0 spiro atoms. The molecule has 0 fully saturated rings. The zero-order chi connectivity index (χ0) is 18.1. The summed E-state index contributed by atoms with van der Waals surface area (Å²) in [5.41, 5.74) is 2.06. The van der Waals surface area contributed by atoms with Crippen LogP contribution in [0.5, 0.6) is 5.75 Å². The highest BCUT2D eigenvalue weighted by molar-refractivity contribution is 5.94. The summed E-state index contributed by atoms with van der Waals surface area (Å²) in [6.07, 6.45) is 1.66. The van der Waals surface area contributed by atoms with Gasteiger partial charge in [-0.1, -0.05) is 24.8 Å². The van der Waals surface area contributed by atoms with E-state index < -0.39 is 0 Å². The Morgan fingerprint density at radius 1 is 1.04 bits per heavy atom. The van der Waals surface area contributed by atoms with Gasteiger partial charge in [0, 0.05) is 30.1 Å². The van der Waals surface area contributed by atoms with Gasteiger partial charge >= 0.3 is 0 Å². The molecule has 25 heavy (non-hydrogen) atoms. The van der Waals surface area contributed by atoms with E-state index in [2.05, 4.69) is 22.5 Å². The third-order valence-electron chi connectivity index (χ3n) is 3.12. The fourth-order valence-corrected chi connectivity index (χ4v) is 2.12. The summed E-state index contributed by atoms with van der Waals surface area (Å²) in [6.45, 7) is 5.55. The third-order valence-corrected chi connectivity index (χ3v) is 3.12. The molecule has 0 radical (unpaired) electrons. The van der Waals surface area contributed by atoms with Crippen molar-refractivity contribution >= 4 is 28.9 Å². The molecule has 0 heterocycles. The van der Waals surface area contributed by atoms with Crippen LogP contribution in [-0.2, 0) is 9.59 Å². The SMILES string of the molecule is C=CCOc1cccc(NC(=O)CNc2cccc(NC(C)=O)c2)c1. The van der Waals surface area contributed by atoms with Gasteiger partial charge in [0.1, 0.15) is 12.4 Å². The molecular formula is C19H21N3O3. The summed E-state index contributed by atoms with van der Waals surface area (Å²) in [6, 6.07) is 14.3. The molecule has 0 aliphatic heterocycles. The van der Waals surface area contributed by atoms with E-state index in [0.29, 0.717) is 23.7 Å². The van der Waals surface area contributed by atoms with E-state index in [-0.39, 0.29) is 18.4 Å². The average molecular weight is 339 g/mol. The van der Waals surface area contributed by atoms with E-state index in [9.17, 15) is 9.59 Å². The molecule has 2 aromatic rings. The van der Waals surface area contributed by atoms with Crippen molar-refractivity contribution in [3.05, 3.63) is 61.2 Å². The lowest BCUT2D eigenvalue weighted by atomic mass is 10.2. The Hall–Kier alpha value is -3.28. The molecule has 0 unspecified atom stereocenters. The van der Waals surface area contributed by atoms with Crippen molar-refractivity contribution in [2.45, 2.75) is 6.92 Å². The van der Waals surface area contributed by atoms with Crippen molar-refractivity contribution in [1.82, 2.24) is 0 Å². The number of nitrogens with one attached hydrogen (secondary N) is 3. The van der Waals surface area contributed by atoms with Gasteiger partial charge in [-0.3, -0.25) is 9.59 Å². The van der Waals surface area contributed by atoms with Crippen LogP contribution in [-0.4, -0.2) is 25.0 Å². The van der Waals surface area contributed by atoms with Gasteiger partial charge in [0.25, 0.3) is 0 Å². The van der Waals surface area contributed by atoms with Crippen LogP contribution in [0.4, 0.5) is 17.1 Å². The number of rotatable bonds is 8. The molecular weight excluding hydrogens is 318 g/mol. The molecule has 0 aliphatic rings. The topological polar surface area (TPSA) is 79.5 Å². The van der Waals surface area contributed by atoms with Gasteiger partial charge in [-0.15, -0.1) is 0 Å². The van der Waals surface area contributed by atoms with E-state index in [4.69, 9.17) is 4.74 Å². The minimum atomic E-state index is -0.189. The molecule has 0 bridgehead atoms. The molecule has 3 N–H and O–H groups in total. The molecule has 2 amide bonds. The lowest BCUT2D eigenvalue weighted by molar-refractivity contribution is -0.115. The first-order chi connectivity index (χ1) is 12.1. The smallest absolute Gasteiger partial charge is 0.243 e. The van der Waals surface area contributed by atoms with E-state index in [1.54, 1.807) is 42.5 Å². The van der Waals surface area contributed by atoms with Crippen molar-refractivity contribution in [1.29, 1.82) is 0 Å². The highest BCUT2D eigenvalue weighted by Gasteiger charge is 2.04. The van der Waals surface area contributed by atoms with Crippen LogP contribution in [0.25, 0.3) is 0 Å². The van der Waals surface area contributed by atoms with Crippen molar-refractivity contribution in [2.75, 3.05) is 29.1 Å². The molecule has 6 nitrogen and oxygen atoms in total. The Balaban J connectivity index is 1.88. The van der Waals surface area contributed by atoms with Gasteiger partial charge < -0.3 is 20.7 Å². The van der Waals surface area contributed by atoms with E-state index in [1.807, 2.05) is 12.1 Å². The summed E-state index contributed by atoms with van der Waals surface area (Å²) < 4.78 is 5.43. The summed E-state index contributed by atoms with van der Waals surface area (Å²) in [4.78, 5) is 23.1. The Morgan fingerprint density at radius 2 is 1.72 bits per heavy atom. The van der Waals surface area contributed by atoms with Gasteiger partial charge in [0.2, 0.25) is 11.8 Å². The number of carbonyl (C=O) groups excluding carboxylic acids is 2. The summed E-state index contributed by atoms with van der Waals surface area (Å²) in [5, 5.41) is 8.51. The number of ether oxygens (including phenoxy) is 1. The van der Waals surface area contributed by atoms with Crippen LogP contribution < -0.4 is 20.7 Å². The molecule has 0 aliphatic carbocycles. The maximum Gasteiger partial charge on any atom is 0.243 e. The molecule has 2 aromatic carbocycles. The minimum Gasteiger partial charge on any atom is -0.489 e. The lowest BCUT2D eigenvalue weighted by Gasteiger charge is -2.10. The largest absolute Gasteiger partial charge is 0.489 e. The average Bonchev–Trinajstić information content (AvgIpc) is 2.58. The fourth-order valence-electron chi connectivity index (χ4n) is 2.12. The molecule has 0 saturated heterocycles. The van der Waals surface area contributed by atoms with Crippen molar-refractivity contribution in [3.8, 4) is 5.75 Å². The number of hydrogen-bond acceptors (Lipinski definition) is 4. The molecule has 0 aromatic heterocycles. The van der Waals surface area contributed by atoms with Crippen LogP contribution in [0.3, 0.4) is 0 Å². The molecule has 2 rings (SSSR count). The fraction of sp³-hybridized carbons (Fsp3) is 0.158. The summed E-state index contributed by atoms with van der Waals surface area (Å²) in [5.74, 6) is 0.327. The Bertz CT molecular complexity index is 759. The maximum atomic E-state index is 12.1. The minimum absolute atomic E-state index is 0.0985. The first kappa shape index (κ1) is 18.1. The molecule has 0 atom stereocenters. The Labute approximate surface area is 146 Å². The van der Waals surface area contributed by atoms with E-state index in [0.717, 1.165) is 5.69 Å². The predicted molar refractivity (Wildman–Crippen MR) is 100.0 cm³/mol. The van der Waals surface area contributed by atoms with E-state index >= 15 is 0 Å². The lowest BCUT2D eigenvalue weighted by Crippen LogP contribution is -2.21. The number of amides is 2. The van der Waals surface area contributed by atoms with Crippen LogP contribution in [0, 0.1) is 0 Å². The first-order valence-electron chi connectivity index (χ1n) is 7.82. The van der Waals surface area contributed by atoms with Crippen molar-refractivity contribution < 1.29 is 14.3 Å². The summed E-state index contributed by atoms with van der Waals surface area (Å²) in [7, 11) is 0. The Kier molecular flexibility index (Phi) is 6.59. The predicted octanol–water partition coefficient (Wildman–Crippen LogP) is 3.26. The second-order valence-corrected chi connectivity index (χ2v) is 5.29. The van der Waals surface area contributed by atoms with Crippen molar-refractivity contribution in [3.63, 3.8) is 0 Å². The number of hydrogen-bond donors (Lipinski definition) is 3. The zero-order valence-corrected chi connectivity index (χ0v) is 14.0. The van der Waals surface area contributed by atoms with Gasteiger partial charge in [0.15, 0.2) is 0 Å². The standard InChI is InChI=1S/C19H21N3O3/c1-3-10-25-18-9-5-8-17(12-18)22-19(24)13-20-15-6-4-7-16(11-15)21-14(2)23/h3-9,11-12,20H,1,10,13H2,2H3,(H,21,23)(H,22,24). The monoisotopic (exact) mass is 339 g/mol. The van der Waals surface area contributed by atoms with E-state index in [1.165, 1.54) is 6.92 Å². The second kappa shape index (κ2) is 9.12. The summed E-state index contributed by atoms with van der Waals surface area (Å²) >= 11 is 0. The van der Waals surface area contributed by atoms with Crippen LogP contribution in [0.2, 0.25) is 0 Å². The molecule has 130 valence electrons. The quantitative estimate of drug-likeness (QED) is 0.645. The van der Waals surface area contributed by atoms with Crippen LogP contribution in [0.1, 0.15) is 6.92 Å². The molecule has 0 saturated carbocycles. The first-order valence-corrected chi connectivity index (χ1v) is 7.82. The maximum absolute atomic E-state index is 12.1. The van der Waals surface area contributed by atoms with Crippen molar-refractivity contribution in [2.24, 2.45) is 0 Å². The number of carbonyl (C=O) groups is 2. The van der Waals surface area contributed by atoms with Crippen LogP contribution in [0.15, 0.2) is 61.2 Å². The third kappa shape index (κ3) is 6.39. The molecule has 6 heteroatoms. The normalized spacial score (nSPS) is 9.80. The highest BCUT2D eigenvalue weighted by Crippen LogP contribution is 2.18. The zero-order valence-electron chi connectivity index (χ0n) is 14.0. The Morgan fingerprint density at radius 3 is 2.44 bits per heavy atom. The van der Waals surface area contributed by atoms with Gasteiger partial charge in [-0.05, 0) is 30.3 Å². The van der Waals surface area contributed by atoms with Gasteiger partial charge in [-0.2, -0.15) is 0 Å². The van der Waals surface area contributed by atoms with Gasteiger partial charge in [0.05, 0.1) is 6.54 Å². The number of benzene rings is 2. The number of anilines is 3. The van der Waals surface area contributed by atoms with Gasteiger partial charge in [-0.25, -0.2) is 0 Å². The second-order valence-electron chi connectivity index (χ2n) is 5.29. The highest BCUT2D eigenvalue weighted by atomic mass is 16.5. The van der Waals surface area contributed by atoms with Crippen LogP contribution >= 0.6 is 0 Å².